The van der Waals surface area contributed by atoms with Crippen molar-refractivity contribution in [2.45, 2.75) is 50.7 Å². The number of anilines is 2. The number of aryl methyl sites for hydroxylation is 1. The second-order valence-electron chi connectivity index (χ2n) is 10.7. The Labute approximate surface area is 252 Å². The van der Waals surface area contributed by atoms with Gasteiger partial charge in [-0.25, -0.2) is 14.4 Å². The molecular formula is C28H27ClF4N8O3. The minimum atomic E-state index is -4.70. The number of amides is 2. The third-order valence-corrected chi connectivity index (χ3v) is 8.30. The maximum absolute atomic E-state index is 15.6. The normalized spacial score (nSPS) is 18.6. The van der Waals surface area contributed by atoms with E-state index in [-0.39, 0.29) is 52.5 Å². The molecular weight excluding hydrogens is 608 g/mol. The first-order valence-corrected chi connectivity index (χ1v) is 14.3. The van der Waals surface area contributed by atoms with Gasteiger partial charge in [0.15, 0.2) is 5.82 Å². The van der Waals surface area contributed by atoms with E-state index in [0.29, 0.717) is 35.1 Å². The van der Waals surface area contributed by atoms with Crippen LogP contribution >= 0.6 is 11.6 Å². The molecule has 2 aliphatic rings. The van der Waals surface area contributed by atoms with Crippen molar-refractivity contribution in [1.82, 2.24) is 29.0 Å². The van der Waals surface area contributed by atoms with Crippen molar-refractivity contribution in [2.75, 3.05) is 24.2 Å². The molecule has 44 heavy (non-hydrogen) atoms. The van der Waals surface area contributed by atoms with E-state index in [1.807, 2.05) is 4.90 Å². The average Bonchev–Trinajstić information content (AvgIpc) is 3.66. The van der Waals surface area contributed by atoms with Crippen molar-refractivity contribution in [3.05, 3.63) is 52.4 Å². The van der Waals surface area contributed by atoms with Gasteiger partial charge < -0.3 is 20.7 Å². The first kappa shape index (κ1) is 29.7. The van der Waals surface area contributed by atoms with Gasteiger partial charge in [0.1, 0.15) is 45.3 Å². The molecule has 11 nitrogen and oxygen atoms in total. The molecule has 2 amide bonds. The number of alkyl halides is 3. The number of halogens is 5. The second kappa shape index (κ2) is 10.9. The van der Waals surface area contributed by atoms with Gasteiger partial charge in [-0.1, -0.05) is 11.6 Å². The van der Waals surface area contributed by atoms with Crippen LogP contribution in [0.25, 0.3) is 16.8 Å². The van der Waals surface area contributed by atoms with Crippen LogP contribution in [0.3, 0.4) is 0 Å². The molecule has 0 unspecified atom stereocenters. The molecule has 2 aliphatic heterocycles. The quantitative estimate of drug-likeness (QED) is 0.284. The number of carbonyl (C=O) groups is 2. The zero-order valence-corrected chi connectivity index (χ0v) is 24.3. The Morgan fingerprint density at radius 3 is 2.70 bits per heavy atom. The predicted molar refractivity (Wildman–Crippen MR) is 152 cm³/mol. The zero-order valence-electron chi connectivity index (χ0n) is 23.6. The Bertz CT molecular complexity index is 1800. The monoisotopic (exact) mass is 634 g/mol. The van der Waals surface area contributed by atoms with Crippen molar-refractivity contribution in [2.24, 2.45) is 7.05 Å². The second-order valence-corrected chi connectivity index (χ2v) is 11.1. The lowest BCUT2D eigenvalue weighted by Crippen LogP contribution is -2.41. The van der Waals surface area contributed by atoms with E-state index in [1.165, 1.54) is 6.20 Å². The van der Waals surface area contributed by atoms with Crippen LogP contribution in [0.4, 0.5) is 29.2 Å². The Kier molecular flexibility index (Phi) is 7.38. The number of hydrogen-bond acceptors (Lipinski definition) is 7. The van der Waals surface area contributed by atoms with Crippen molar-refractivity contribution in [3.63, 3.8) is 0 Å². The Balaban J connectivity index is 1.42. The average molecular weight is 635 g/mol. The molecule has 2 atom stereocenters. The predicted octanol–water partition coefficient (Wildman–Crippen LogP) is 5.04. The van der Waals surface area contributed by atoms with Crippen molar-refractivity contribution in [1.29, 1.82) is 0 Å². The standard InChI is InChI=1S/C28H27ClF4N8O3/c1-3-44-18-9-15(27(43)36-21-10-19(28(31,32)33)39(2)38-21)17(30)8-16(18)23-24-25(34)35-11-20(29)41(24)26(37-23)13-4-5-14-6-7-22(42)40(14)12-13/h8-11,13-14H,3-7,12H2,1-2H3,(H2,34,35)(H,36,38,43)/t13-,14+/m1/s1. The Morgan fingerprint density at radius 1 is 1.23 bits per heavy atom. The van der Waals surface area contributed by atoms with Crippen LogP contribution < -0.4 is 15.8 Å². The fourth-order valence-corrected chi connectivity index (χ4v) is 6.26. The first-order valence-electron chi connectivity index (χ1n) is 13.9. The van der Waals surface area contributed by atoms with Crippen LogP contribution in [-0.4, -0.2) is 60.1 Å². The van der Waals surface area contributed by atoms with Gasteiger partial charge in [0.2, 0.25) is 5.91 Å². The molecule has 0 spiro atoms. The van der Waals surface area contributed by atoms with Crippen LogP contribution in [-0.2, 0) is 18.0 Å². The van der Waals surface area contributed by atoms with Crippen molar-refractivity contribution in [3.8, 4) is 17.0 Å². The Hall–Kier alpha value is -4.40. The number of imidazole rings is 1. The van der Waals surface area contributed by atoms with Gasteiger partial charge in [0.25, 0.3) is 5.91 Å². The van der Waals surface area contributed by atoms with Crippen molar-refractivity contribution >= 4 is 40.6 Å². The van der Waals surface area contributed by atoms with E-state index in [4.69, 9.17) is 27.1 Å². The molecule has 3 N–H and O–H groups in total. The van der Waals surface area contributed by atoms with Crippen LogP contribution in [0.15, 0.2) is 24.4 Å². The summed E-state index contributed by atoms with van der Waals surface area (Å²) in [6.07, 6.45) is -0.469. The summed E-state index contributed by atoms with van der Waals surface area (Å²) in [4.78, 5) is 36.4. The fourth-order valence-electron chi connectivity index (χ4n) is 6.04. The molecule has 2 fully saturated rings. The highest BCUT2D eigenvalue weighted by Gasteiger charge is 2.39. The number of hydrogen-bond donors (Lipinski definition) is 2. The third-order valence-electron chi connectivity index (χ3n) is 8.03. The number of nitrogens with two attached hydrogens (primary N) is 1. The number of piperidine rings is 1. The summed E-state index contributed by atoms with van der Waals surface area (Å²) in [5, 5.41) is 6.08. The van der Waals surface area contributed by atoms with Gasteiger partial charge in [0, 0.05) is 43.6 Å². The SMILES string of the molecule is CCOc1cc(C(=O)Nc2cc(C(F)(F)F)n(C)n2)c(F)cc1-c1nc([C@@H]2CC[C@H]3CCC(=O)N3C2)n2c(Cl)cnc(N)c12. The molecule has 3 aromatic heterocycles. The van der Waals surface area contributed by atoms with Gasteiger partial charge in [-0.05, 0) is 38.3 Å². The van der Waals surface area contributed by atoms with Crippen LogP contribution in [0.2, 0.25) is 5.15 Å². The molecule has 232 valence electrons. The van der Waals surface area contributed by atoms with Gasteiger partial charge in [0.05, 0.1) is 18.4 Å². The van der Waals surface area contributed by atoms with E-state index in [9.17, 15) is 22.8 Å². The molecule has 1 aromatic carbocycles. The number of aromatic nitrogens is 5. The summed E-state index contributed by atoms with van der Waals surface area (Å²) >= 11 is 6.60. The van der Waals surface area contributed by atoms with E-state index in [2.05, 4.69) is 15.4 Å². The number of carbonyl (C=O) groups excluding carboxylic acids is 2. The minimum absolute atomic E-state index is 0.0642. The topological polar surface area (TPSA) is 133 Å². The van der Waals surface area contributed by atoms with E-state index >= 15 is 4.39 Å². The number of fused-ring (bicyclic) bond motifs is 2. The molecule has 5 heterocycles. The highest BCUT2D eigenvalue weighted by atomic mass is 35.5. The fraction of sp³-hybridized carbons (Fsp3) is 0.393. The summed E-state index contributed by atoms with van der Waals surface area (Å²) in [6.45, 7) is 2.26. The third kappa shape index (κ3) is 5.08. The molecule has 2 saturated heterocycles. The van der Waals surface area contributed by atoms with Gasteiger partial charge in [-0.3, -0.25) is 18.7 Å². The number of nitrogen functional groups attached to an aromatic ring is 1. The lowest BCUT2D eigenvalue weighted by molar-refractivity contribution is -0.143. The smallest absolute Gasteiger partial charge is 0.433 e. The van der Waals surface area contributed by atoms with E-state index in [0.717, 1.165) is 38.4 Å². The molecule has 4 aromatic rings. The summed E-state index contributed by atoms with van der Waals surface area (Å²) in [5.41, 5.74) is 5.38. The number of ether oxygens (including phenoxy) is 1. The first-order chi connectivity index (χ1) is 20.9. The molecule has 6 rings (SSSR count). The molecule has 0 radical (unpaired) electrons. The molecule has 0 saturated carbocycles. The van der Waals surface area contributed by atoms with Crippen LogP contribution in [0.5, 0.6) is 5.75 Å². The number of benzene rings is 1. The summed E-state index contributed by atoms with van der Waals surface area (Å²) < 4.78 is 63.2. The van der Waals surface area contributed by atoms with Gasteiger partial charge in [-0.15, -0.1) is 0 Å². The lowest BCUT2D eigenvalue weighted by Gasteiger charge is -2.34. The molecule has 0 aliphatic carbocycles. The zero-order chi connectivity index (χ0) is 31.5. The van der Waals surface area contributed by atoms with Crippen molar-refractivity contribution < 1.29 is 31.9 Å². The highest BCUT2D eigenvalue weighted by Crippen LogP contribution is 2.42. The Morgan fingerprint density at radius 2 is 2.00 bits per heavy atom. The minimum Gasteiger partial charge on any atom is -0.493 e. The van der Waals surface area contributed by atoms with Crippen LogP contribution in [0, 0.1) is 5.82 Å². The van der Waals surface area contributed by atoms with Crippen LogP contribution in [0.1, 0.15) is 60.4 Å². The van der Waals surface area contributed by atoms with E-state index in [1.54, 1.807) is 11.3 Å². The summed E-state index contributed by atoms with van der Waals surface area (Å²) in [5.74, 6) is -1.89. The molecule has 0 bridgehead atoms. The summed E-state index contributed by atoms with van der Waals surface area (Å²) in [6, 6.07) is 3.03. The highest BCUT2D eigenvalue weighted by molar-refractivity contribution is 6.30. The number of nitrogens with zero attached hydrogens (tertiary/aromatic N) is 6. The van der Waals surface area contributed by atoms with Gasteiger partial charge >= 0.3 is 6.18 Å². The maximum Gasteiger partial charge on any atom is 0.433 e. The maximum atomic E-state index is 15.6. The summed E-state index contributed by atoms with van der Waals surface area (Å²) in [7, 11) is 1.08. The lowest BCUT2D eigenvalue weighted by atomic mass is 9.92. The largest absolute Gasteiger partial charge is 0.493 e. The molecule has 16 heteroatoms. The number of rotatable bonds is 6. The number of nitrogens with one attached hydrogen (secondary N) is 1. The van der Waals surface area contributed by atoms with Gasteiger partial charge in [-0.2, -0.15) is 18.3 Å². The van der Waals surface area contributed by atoms with E-state index < -0.39 is 35.0 Å².